The van der Waals surface area contributed by atoms with Crippen LogP contribution < -0.4 is 5.73 Å². The average molecular weight is 281 g/mol. The van der Waals surface area contributed by atoms with Crippen LogP contribution in [0.4, 0.5) is 0 Å². The first kappa shape index (κ1) is 14.0. The fourth-order valence-electron chi connectivity index (χ4n) is 2.11. The van der Waals surface area contributed by atoms with Crippen molar-refractivity contribution in [2.45, 2.75) is 25.1 Å². The van der Waals surface area contributed by atoms with Crippen molar-refractivity contribution in [1.82, 2.24) is 9.78 Å². The minimum absolute atomic E-state index is 0.00833. The van der Waals surface area contributed by atoms with E-state index in [-0.39, 0.29) is 17.5 Å². The molecule has 0 aliphatic carbocycles. The Hall–Kier alpha value is -1.40. The van der Waals surface area contributed by atoms with Gasteiger partial charge in [0.1, 0.15) is 0 Å². The highest BCUT2D eigenvalue weighted by atomic mass is 32.2. The van der Waals surface area contributed by atoms with Crippen LogP contribution in [0.5, 0.6) is 0 Å². The van der Waals surface area contributed by atoms with E-state index in [1.165, 1.54) is 0 Å². The number of para-hydroxylation sites is 1. The number of aromatic nitrogens is 2. The third kappa shape index (κ3) is 3.13. The molecule has 1 heterocycles. The zero-order chi connectivity index (χ0) is 14.0. The normalized spacial score (nSPS) is 13.8. The van der Waals surface area contributed by atoms with E-state index in [0.29, 0.717) is 12.1 Å². The van der Waals surface area contributed by atoms with Crippen LogP contribution in [0.25, 0.3) is 10.9 Å². The quantitative estimate of drug-likeness (QED) is 0.894. The van der Waals surface area contributed by atoms with Crippen molar-refractivity contribution < 1.29 is 8.42 Å². The summed E-state index contributed by atoms with van der Waals surface area (Å²) in [6, 6.07) is 7.32. The summed E-state index contributed by atoms with van der Waals surface area (Å²) < 4.78 is 25.9. The molecule has 6 heteroatoms. The van der Waals surface area contributed by atoms with Gasteiger partial charge in [0.2, 0.25) is 0 Å². The molecule has 0 saturated heterocycles. The van der Waals surface area contributed by atoms with E-state index in [4.69, 9.17) is 5.73 Å². The van der Waals surface area contributed by atoms with Crippen LogP contribution in [-0.4, -0.2) is 30.0 Å². The molecule has 2 aromatic rings. The second-order valence-electron chi connectivity index (χ2n) is 4.81. The SMILES string of the molecule is CCC(N)CS(=O)(=O)Cc1nn(C)c2ccccc12. The number of rotatable bonds is 5. The van der Waals surface area contributed by atoms with E-state index >= 15 is 0 Å². The molecule has 1 unspecified atom stereocenters. The summed E-state index contributed by atoms with van der Waals surface area (Å²) in [5.41, 5.74) is 7.26. The minimum Gasteiger partial charge on any atom is -0.327 e. The molecule has 104 valence electrons. The molecule has 2 N–H and O–H groups in total. The zero-order valence-electron chi connectivity index (χ0n) is 11.2. The van der Waals surface area contributed by atoms with Crippen molar-refractivity contribution in [2.24, 2.45) is 12.8 Å². The highest BCUT2D eigenvalue weighted by Gasteiger charge is 2.19. The molecule has 0 fully saturated rings. The summed E-state index contributed by atoms with van der Waals surface area (Å²) in [6.45, 7) is 1.89. The lowest BCUT2D eigenvalue weighted by Gasteiger charge is -2.08. The fourth-order valence-corrected chi connectivity index (χ4v) is 3.74. The number of nitrogens with zero attached hydrogens (tertiary/aromatic N) is 2. The van der Waals surface area contributed by atoms with Crippen molar-refractivity contribution in [3.63, 3.8) is 0 Å². The summed E-state index contributed by atoms with van der Waals surface area (Å²) >= 11 is 0. The second-order valence-corrected chi connectivity index (χ2v) is 6.92. The van der Waals surface area contributed by atoms with Crippen molar-refractivity contribution in [3.8, 4) is 0 Å². The van der Waals surface area contributed by atoms with Gasteiger partial charge in [-0.1, -0.05) is 25.1 Å². The Balaban J connectivity index is 2.31. The molecule has 1 atom stereocenters. The first-order valence-corrected chi connectivity index (χ1v) is 8.11. The van der Waals surface area contributed by atoms with Gasteiger partial charge in [0.05, 0.1) is 22.7 Å². The first-order chi connectivity index (χ1) is 8.93. The standard InChI is InChI=1S/C13H19N3O2S/c1-3-10(14)8-19(17,18)9-12-11-6-4-5-7-13(11)16(2)15-12/h4-7,10H,3,8-9,14H2,1-2H3. The van der Waals surface area contributed by atoms with Gasteiger partial charge in [-0.25, -0.2) is 8.42 Å². The van der Waals surface area contributed by atoms with E-state index in [2.05, 4.69) is 5.10 Å². The van der Waals surface area contributed by atoms with E-state index in [0.717, 1.165) is 10.9 Å². The maximum Gasteiger partial charge on any atom is 0.157 e. The van der Waals surface area contributed by atoms with Crippen LogP contribution in [0.2, 0.25) is 0 Å². The highest BCUT2D eigenvalue weighted by Crippen LogP contribution is 2.19. The Morgan fingerprint density at radius 2 is 2.05 bits per heavy atom. The number of aryl methyl sites for hydroxylation is 1. The average Bonchev–Trinajstić information content (AvgIpc) is 2.65. The largest absolute Gasteiger partial charge is 0.327 e. The van der Waals surface area contributed by atoms with Crippen molar-refractivity contribution in [1.29, 1.82) is 0 Å². The van der Waals surface area contributed by atoms with Gasteiger partial charge in [-0.3, -0.25) is 4.68 Å². The number of hydrogen-bond acceptors (Lipinski definition) is 4. The molecule has 0 aliphatic heterocycles. The lowest BCUT2D eigenvalue weighted by molar-refractivity contribution is 0.582. The number of nitrogens with two attached hydrogens (primary N) is 1. The summed E-state index contributed by atoms with van der Waals surface area (Å²) in [5.74, 6) is -0.0452. The van der Waals surface area contributed by atoms with Crippen molar-refractivity contribution in [2.75, 3.05) is 5.75 Å². The predicted octanol–water partition coefficient (Wildman–Crippen LogP) is 1.23. The number of hydrogen-bond donors (Lipinski definition) is 1. The molecule has 0 aliphatic rings. The summed E-state index contributed by atoms with van der Waals surface area (Å²) in [4.78, 5) is 0. The maximum absolute atomic E-state index is 12.1. The van der Waals surface area contributed by atoms with Gasteiger partial charge in [-0.2, -0.15) is 5.10 Å². The molecular weight excluding hydrogens is 262 g/mol. The second kappa shape index (κ2) is 5.30. The number of benzene rings is 1. The Kier molecular flexibility index (Phi) is 3.91. The lowest BCUT2D eigenvalue weighted by Crippen LogP contribution is -2.29. The molecule has 0 spiro atoms. The topological polar surface area (TPSA) is 78.0 Å². The van der Waals surface area contributed by atoms with Crippen LogP contribution >= 0.6 is 0 Å². The summed E-state index contributed by atoms with van der Waals surface area (Å²) in [6.07, 6.45) is 0.655. The molecule has 0 radical (unpaired) electrons. The van der Waals surface area contributed by atoms with Gasteiger partial charge < -0.3 is 5.73 Å². The highest BCUT2D eigenvalue weighted by molar-refractivity contribution is 7.90. The van der Waals surface area contributed by atoms with Crippen LogP contribution in [0, 0.1) is 0 Å². The monoisotopic (exact) mass is 281 g/mol. The van der Waals surface area contributed by atoms with Gasteiger partial charge in [0.15, 0.2) is 9.84 Å². The molecule has 0 saturated carbocycles. The van der Waals surface area contributed by atoms with Gasteiger partial charge in [-0.05, 0) is 12.5 Å². The zero-order valence-corrected chi connectivity index (χ0v) is 12.0. The van der Waals surface area contributed by atoms with E-state index in [1.54, 1.807) is 4.68 Å². The third-order valence-corrected chi connectivity index (χ3v) is 4.83. The maximum atomic E-state index is 12.1. The molecule has 0 amide bonds. The van der Waals surface area contributed by atoms with E-state index in [1.807, 2.05) is 38.2 Å². The minimum atomic E-state index is -3.22. The number of fused-ring (bicyclic) bond motifs is 1. The molecule has 0 bridgehead atoms. The molecule has 2 rings (SSSR count). The van der Waals surface area contributed by atoms with Crippen molar-refractivity contribution in [3.05, 3.63) is 30.0 Å². The van der Waals surface area contributed by atoms with Crippen LogP contribution in [0.3, 0.4) is 0 Å². The summed E-state index contributed by atoms with van der Waals surface area (Å²) in [5, 5.41) is 5.19. The molecule has 19 heavy (non-hydrogen) atoms. The molecule has 5 nitrogen and oxygen atoms in total. The Labute approximate surface area is 113 Å². The van der Waals surface area contributed by atoms with Crippen LogP contribution in [-0.2, 0) is 22.6 Å². The van der Waals surface area contributed by atoms with Crippen LogP contribution in [0.1, 0.15) is 19.0 Å². The molecule has 1 aromatic carbocycles. The molecule has 1 aromatic heterocycles. The van der Waals surface area contributed by atoms with Gasteiger partial charge in [-0.15, -0.1) is 0 Å². The van der Waals surface area contributed by atoms with Crippen molar-refractivity contribution >= 4 is 20.7 Å². The Morgan fingerprint density at radius 3 is 2.74 bits per heavy atom. The van der Waals surface area contributed by atoms with Gasteiger partial charge in [0, 0.05) is 18.5 Å². The smallest absolute Gasteiger partial charge is 0.157 e. The summed E-state index contributed by atoms with van der Waals surface area (Å²) in [7, 11) is -1.41. The Bertz CT molecular complexity index is 676. The predicted molar refractivity (Wildman–Crippen MR) is 76.5 cm³/mol. The third-order valence-electron chi connectivity index (χ3n) is 3.18. The first-order valence-electron chi connectivity index (χ1n) is 6.29. The van der Waals surface area contributed by atoms with E-state index < -0.39 is 9.84 Å². The van der Waals surface area contributed by atoms with Gasteiger partial charge in [0.25, 0.3) is 0 Å². The van der Waals surface area contributed by atoms with E-state index in [9.17, 15) is 8.42 Å². The van der Waals surface area contributed by atoms with Gasteiger partial charge >= 0.3 is 0 Å². The van der Waals surface area contributed by atoms with Crippen LogP contribution in [0.15, 0.2) is 24.3 Å². The molecular formula is C13H19N3O2S. The fraction of sp³-hybridized carbons (Fsp3) is 0.462. The lowest BCUT2D eigenvalue weighted by atomic mass is 10.2. The number of sulfone groups is 1. The Morgan fingerprint density at radius 1 is 1.37 bits per heavy atom.